The molecule has 0 aliphatic rings. The molecule has 82 valence electrons. The first-order valence-electron chi connectivity index (χ1n) is 4.89. The SMILES string of the molecule is CC(Nc1cnccc1Cl)c1cnccn1. The fraction of sp³-hybridized carbons (Fsp3) is 0.182. The van der Waals surface area contributed by atoms with E-state index in [1.165, 1.54) is 0 Å². The monoisotopic (exact) mass is 234 g/mol. The van der Waals surface area contributed by atoms with Gasteiger partial charge >= 0.3 is 0 Å². The van der Waals surface area contributed by atoms with Gasteiger partial charge in [0.2, 0.25) is 0 Å². The maximum absolute atomic E-state index is 6.02. The Morgan fingerprint density at radius 3 is 2.69 bits per heavy atom. The van der Waals surface area contributed by atoms with Crippen LogP contribution in [0.1, 0.15) is 18.7 Å². The van der Waals surface area contributed by atoms with E-state index >= 15 is 0 Å². The molecule has 0 amide bonds. The van der Waals surface area contributed by atoms with Gasteiger partial charge < -0.3 is 5.32 Å². The summed E-state index contributed by atoms with van der Waals surface area (Å²) >= 11 is 6.02. The van der Waals surface area contributed by atoms with Crippen molar-refractivity contribution in [1.29, 1.82) is 0 Å². The topological polar surface area (TPSA) is 50.7 Å². The number of nitrogens with one attached hydrogen (secondary N) is 1. The summed E-state index contributed by atoms with van der Waals surface area (Å²) < 4.78 is 0. The van der Waals surface area contributed by atoms with Crippen LogP contribution < -0.4 is 5.32 Å². The van der Waals surface area contributed by atoms with Gasteiger partial charge in [-0.3, -0.25) is 15.0 Å². The lowest BCUT2D eigenvalue weighted by Crippen LogP contribution is -2.09. The molecule has 0 saturated carbocycles. The highest BCUT2D eigenvalue weighted by atomic mass is 35.5. The standard InChI is InChI=1S/C11H11ClN4/c1-8(10-6-14-4-5-15-10)16-11-7-13-3-2-9(11)12/h2-8,16H,1H3. The van der Waals surface area contributed by atoms with Crippen LogP contribution in [0.4, 0.5) is 5.69 Å². The highest BCUT2D eigenvalue weighted by Gasteiger charge is 2.08. The normalized spacial score (nSPS) is 12.1. The molecule has 2 aromatic heterocycles. The second-order valence-electron chi connectivity index (χ2n) is 3.35. The van der Waals surface area contributed by atoms with E-state index in [1.807, 2.05) is 6.92 Å². The predicted molar refractivity (Wildman–Crippen MR) is 63.3 cm³/mol. The van der Waals surface area contributed by atoms with Crippen molar-refractivity contribution < 1.29 is 0 Å². The molecule has 2 heterocycles. The van der Waals surface area contributed by atoms with E-state index in [0.717, 1.165) is 11.4 Å². The van der Waals surface area contributed by atoms with Gasteiger partial charge in [0.25, 0.3) is 0 Å². The van der Waals surface area contributed by atoms with E-state index in [4.69, 9.17) is 11.6 Å². The lowest BCUT2D eigenvalue weighted by Gasteiger charge is -2.14. The molecule has 0 spiro atoms. The van der Waals surface area contributed by atoms with Crippen molar-refractivity contribution in [2.75, 3.05) is 5.32 Å². The molecule has 16 heavy (non-hydrogen) atoms. The van der Waals surface area contributed by atoms with Crippen LogP contribution in [0.15, 0.2) is 37.1 Å². The Bertz CT molecular complexity index is 461. The summed E-state index contributed by atoms with van der Waals surface area (Å²) in [7, 11) is 0. The zero-order valence-electron chi connectivity index (χ0n) is 8.76. The molecule has 0 aliphatic carbocycles. The average Bonchev–Trinajstić information content (AvgIpc) is 2.33. The Labute approximate surface area is 98.7 Å². The zero-order chi connectivity index (χ0) is 11.4. The van der Waals surface area contributed by atoms with Crippen molar-refractivity contribution >= 4 is 17.3 Å². The van der Waals surface area contributed by atoms with E-state index in [1.54, 1.807) is 37.1 Å². The van der Waals surface area contributed by atoms with Crippen molar-refractivity contribution in [3.8, 4) is 0 Å². The fourth-order valence-corrected chi connectivity index (χ4v) is 1.48. The summed E-state index contributed by atoms with van der Waals surface area (Å²) in [6.07, 6.45) is 8.38. The molecule has 1 N–H and O–H groups in total. The highest BCUT2D eigenvalue weighted by Crippen LogP contribution is 2.23. The third-order valence-corrected chi connectivity index (χ3v) is 2.50. The molecule has 2 rings (SSSR count). The summed E-state index contributed by atoms with van der Waals surface area (Å²) in [6, 6.07) is 1.78. The lowest BCUT2D eigenvalue weighted by molar-refractivity contribution is 0.826. The zero-order valence-corrected chi connectivity index (χ0v) is 9.52. The highest BCUT2D eigenvalue weighted by molar-refractivity contribution is 6.33. The van der Waals surface area contributed by atoms with Crippen LogP contribution in [0.3, 0.4) is 0 Å². The molecular formula is C11H11ClN4. The molecule has 1 unspecified atom stereocenters. The van der Waals surface area contributed by atoms with Crippen molar-refractivity contribution in [2.45, 2.75) is 13.0 Å². The first-order chi connectivity index (χ1) is 7.77. The first kappa shape index (κ1) is 10.8. The Morgan fingerprint density at radius 2 is 2.00 bits per heavy atom. The average molecular weight is 235 g/mol. The van der Waals surface area contributed by atoms with E-state index in [9.17, 15) is 0 Å². The van der Waals surface area contributed by atoms with Gasteiger partial charge in [-0.05, 0) is 13.0 Å². The molecule has 1 atom stereocenters. The second kappa shape index (κ2) is 4.90. The van der Waals surface area contributed by atoms with Crippen LogP contribution in [0, 0.1) is 0 Å². The Kier molecular flexibility index (Phi) is 3.31. The molecule has 0 aromatic carbocycles. The molecule has 0 aliphatic heterocycles. The minimum absolute atomic E-state index is 0.0374. The van der Waals surface area contributed by atoms with Gasteiger partial charge in [0.1, 0.15) is 0 Å². The van der Waals surface area contributed by atoms with Crippen LogP contribution >= 0.6 is 11.6 Å². The smallest absolute Gasteiger partial charge is 0.0806 e. The molecule has 4 nitrogen and oxygen atoms in total. The van der Waals surface area contributed by atoms with Gasteiger partial charge in [0.05, 0.1) is 34.8 Å². The van der Waals surface area contributed by atoms with Crippen molar-refractivity contribution in [3.63, 3.8) is 0 Å². The molecular weight excluding hydrogens is 224 g/mol. The summed E-state index contributed by atoms with van der Waals surface area (Å²) in [5.41, 5.74) is 1.66. The van der Waals surface area contributed by atoms with E-state index in [0.29, 0.717) is 5.02 Å². The Balaban J connectivity index is 2.14. The number of rotatable bonds is 3. The van der Waals surface area contributed by atoms with Crippen molar-refractivity contribution in [1.82, 2.24) is 15.0 Å². The van der Waals surface area contributed by atoms with Crippen LogP contribution in [0.5, 0.6) is 0 Å². The Hall–Kier alpha value is -1.68. The molecule has 5 heteroatoms. The first-order valence-corrected chi connectivity index (χ1v) is 5.27. The van der Waals surface area contributed by atoms with E-state index < -0.39 is 0 Å². The third kappa shape index (κ3) is 2.46. The van der Waals surface area contributed by atoms with Gasteiger partial charge in [-0.2, -0.15) is 0 Å². The van der Waals surface area contributed by atoms with Gasteiger partial charge in [-0.1, -0.05) is 11.6 Å². The largest absolute Gasteiger partial charge is 0.374 e. The van der Waals surface area contributed by atoms with Gasteiger partial charge in [0.15, 0.2) is 0 Å². The molecule has 0 fully saturated rings. The number of hydrogen-bond acceptors (Lipinski definition) is 4. The fourth-order valence-electron chi connectivity index (χ4n) is 1.33. The lowest BCUT2D eigenvalue weighted by atomic mass is 10.2. The van der Waals surface area contributed by atoms with Gasteiger partial charge in [0, 0.05) is 18.6 Å². The van der Waals surface area contributed by atoms with Crippen LogP contribution in [0.2, 0.25) is 5.02 Å². The van der Waals surface area contributed by atoms with Gasteiger partial charge in [-0.15, -0.1) is 0 Å². The summed E-state index contributed by atoms with van der Waals surface area (Å²) in [4.78, 5) is 12.2. The van der Waals surface area contributed by atoms with Crippen LogP contribution in [0.25, 0.3) is 0 Å². The molecule has 0 radical (unpaired) electrons. The summed E-state index contributed by atoms with van der Waals surface area (Å²) in [6.45, 7) is 1.99. The van der Waals surface area contributed by atoms with E-state index in [2.05, 4.69) is 20.3 Å². The third-order valence-electron chi connectivity index (χ3n) is 2.17. The van der Waals surface area contributed by atoms with Crippen molar-refractivity contribution in [3.05, 3.63) is 47.8 Å². The maximum atomic E-state index is 6.02. The molecule has 0 bridgehead atoms. The number of hydrogen-bond donors (Lipinski definition) is 1. The number of halogens is 1. The molecule has 2 aromatic rings. The van der Waals surface area contributed by atoms with E-state index in [-0.39, 0.29) is 6.04 Å². The van der Waals surface area contributed by atoms with Crippen LogP contribution in [-0.2, 0) is 0 Å². The number of aromatic nitrogens is 3. The summed E-state index contributed by atoms with van der Waals surface area (Å²) in [5, 5.41) is 3.87. The second-order valence-corrected chi connectivity index (χ2v) is 3.76. The molecule has 0 saturated heterocycles. The predicted octanol–water partition coefficient (Wildman–Crippen LogP) is 2.70. The Morgan fingerprint density at radius 1 is 1.19 bits per heavy atom. The van der Waals surface area contributed by atoms with Crippen molar-refractivity contribution in [2.24, 2.45) is 0 Å². The minimum atomic E-state index is 0.0374. The minimum Gasteiger partial charge on any atom is -0.374 e. The van der Waals surface area contributed by atoms with Gasteiger partial charge in [-0.25, -0.2) is 0 Å². The van der Waals surface area contributed by atoms with Crippen LogP contribution in [-0.4, -0.2) is 15.0 Å². The maximum Gasteiger partial charge on any atom is 0.0806 e. The number of pyridine rings is 1. The number of nitrogens with zero attached hydrogens (tertiary/aromatic N) is 3. The summed E-state index contributed by atoms with van der Waals surface area (Å²) in [5.74, 6) is 0. The number of anilines is 1. The quantitative estimate of drug-likeness (QED) is 0.887.